The highest BCUT2D eigenvalue weighted by atomic mass is 127. The molecule has 0 spiro atoms. The van der Waals surface area contributed by atoms with Crippen LogP contribution in [0.4, 0.5) is 30.6 Å². The van der Waals surface area contributed by atoms with Gasteiger partial charge in [-0.15, -0.1) is 5.10 Å². The number of imidazole rings is 1. The van der Waals surface area contributed by atoms with Gasteiger partial charge >= 0.3 is 6.01 Å². The van der Waals surface area contributed by atoms with E-state index in [1.807, 2.05) is 34.2 Å². The lowest BCUT2D eigenvalue weighted by atomic mass is 10.1. The molecule has 0 aliphatic rings. The first kappa shape index (κ1) is 21.2. The van der Waals surface area contributed by atoms with Crippen LogP contribution in [0.3, 0.4) is 0 Å². The summed E-state index contributed by atoms with van der Waals surface area (Å²) in [6.45, 7) is 0.498. The second-order valence-electron chi connectivity index (χ2n) is 6.62. The monoisotopic (exact) mass is 540 g/mol. The highest BCUT2D eigenvalue weighted by Gasteiger charge is 2.20. The number of anilines is 3. The van der Waals surface area contributed by atoms with Crippen LogP contribution in [0.5, 0.6) is 0 Å². The molecule has 2 aromatic heterocycles. The maximum atomic E-state index is 14.6. The summed E-state index contributed by atoms with van der Waals surface area (Å²) < 4.78 is 50.8. The molecule has 0 radical (unpaired) electrons. The lowest BCUT2D eigenvalue weighted by Gasteiger charge is -2.12. The van der Waals surface area contributed by atoms with Crippen molar-refractivity contribution < 1.29 is 17.6 Å². The van der Waals surface area contributed by atoms with Gasteiger partial charge < -0.3 is 19.6 Å². The molecule has 0 saturated carbocycles. The molecule has 0 aliphatic heterocycles. The van der Waals surface area contributed by atoms with E-state index in [2.05, 4.69) is 25.8 Å². The van der Waals surface area contributed by atoms with E-state index in [-0.39, 0.29) is 28.8 Å². The van der Waals surface area contributed by atoms with Crippen LogP contribution in [0, 0.1) is 21.0 Å². The predicted octanol–water partition coefficient (Wildman–Crippen LogP) is 4.89. The van der Waals surface area contributed by atoms with Gasteiger partial charge in [0.25, 0.3) is 5.89 Å². The molecular weight excluding hydrogens is 524 g/mol. The minimum atomic E-state index is -1.18. The maximum absolute atomic E-state index is 14.6. The van der Waals surface area contributed by atoms with Crippen molar-refractivity contribution in [2.75, 3.05) is 17.2 Å². The Labute approximate surface area is 188 Å². The first-order valence-electron chi connectivity index (χ1n) is 9.15. The number of nitrogens with zero attached hydrogens (tertiary/aromatic N) is 4. The van der Waals surface area contributed by atoms with E-state index in [1.54, 1.807) is 18.6 Å². The van der Waals surface area contributed by atoms with Crippen LogP contribution in [0.15, 0.2) is 47.3 Å². The Bertz CT molecular complexity index is 1230. The zero-order chi connectivity index (χ0) is 22.0. The molecule has 4 aromatic rings. The number of halogens is 4. The minimum absolute atomic E-state index is 0.0137. The van der Waals surface area contributed by atoms with Crippen molar-refractivity contribution in [1.82, 2.24) is 19.7 Å². The SMILES string of the molecule is Cn1cncc1CCNc1nnc(-c2ccc(F)c(F)c2Nc2ccc(I)cc2F)o1. The molecule has 2 N–H and O–H groups in total. The van der Waals surface area contributed by atoms with Crippen LogP contribution in [0.2, 0.25) is 0 Å². The van der Waals surface area contributed by atoms with E-state index in [4.69, 9.17) is 4.42 Å². The lowest BCUT2D eigenvalue weighted by Crippen LogP contribution is -2.07. The molecule has 0 amide bonds. The average molecular weight is 540 g/mol. The summed E-state index contributed by atoms with van der Waals surface area (Å²) in [6.07, 6.45) is 4.12. The van der Waals surface area contributed by atoms with Gasteiger partial charge in [-0.2, -0.15) is 0 Å². The summed E-state index contributed by atoms with van der Waals surface area (Å²) in [5, 5.41) is 13.4. The van der Waals surface area contributed by atoms with Crippen LogP contribution >= 0.6 is 22.6 Å². The zero-order valence-electron chi connectivity index (χ0n) is 16.2. The first-order chi connectivity index (χ1) is 14.9. The van der Waals surface area contributed by atoms with Gasteiger partial charge in [0.05, 0.1) is 23.3 Å². The smallest absolute Gasteiger partial charge is 0.315 e. The number of benzene rings is 2. The number of hydrogen-bond acceptors (Lipinski definition) is 6. The van der Waals surface area contributed by atoms with Crippen molar-refractivity contribution in [1.29, 1.82) is 0 Å². The summed E-state index contributed by atoms with van der Waals surface area (Å²) in [6, 6.07) is 6.70. The molecule has 4 rings (SSSR count). The molecular formula is C20H16F3IN6O. The van der Waals surface area contributed by atoms with Gasteiger partial charge in [0.2, 0.25) is 0 Å². The van der Waals surface area contributed by atoms with E-state index >= 15 is 0 Å². The number of hydrogen-bond donors (Lipinski definition) is 2. The van der Waals surface area contributed by atoms with Crippen molar-refractivity contribution in [3.05, 3.63) is 69.6 Å². The summed E-state index contributed by atoms with van der Waals surface area (Å²) in [7, 11) is 1.89. The third kappa shape index (κ3) is 4.65. The van der Waals surface area contributed by atoms with Crippen LogP contribution in [0.1, 0.15) is 5.69 Å². The van der Waals surface area contributed by atoms with Gasteiger partial charge in [0.1, 0.15) is 5.82 Å². The topological polar surface area (TPSA) is 80.8 Å². The molecule has 0 unspecified atom stereocenters. The highest BCUT2D eigenvalue weighted by molar-refractivity contribution is 14.1. The standard InChI is InChI=1S/C20H16F3IN6O/c1-30-10-25-9-12(30)6-7-26-20-29-28-19(31-20)13-3-4-14(21)17(23)18(13)27-16-5-2-11(24)8-15(16)22/h2-5,8-10,27H,6-7H2,1H3,(H,26,29). The van der Waals surface area contributed by atoms with Crippen LogP contribution in [-0.2, 0) is 13.5 Å². The maximum Gasteiger partial charge on any atom is 0.315 e. The van der Waals surface area contributed by atoms with Crippen molar-refractivity contribution in [2.24, 2.45) is 7.05 Å². The minimum Gasteiger partial charge on any atom is -0.403 e. The predicted molar refractivity (Wildman–Crippen MR) is 117 cm³/mol. The molecule has 0 atom stereocenters. The molecule has 2 aromatic carbocycles. The second kappa shape index (κ2) is 8.96. The Morgan fingerprint density at radius 2 is 1.94 bits per heavy atom. The zero-order valence-corrected chi connectivity index (χ0v) is 18.3. The first-order valence-corrected chi connectivity index (χ1v) is 10.2. The largest absolute Gasteiger partial charge is 0.403 e. The van der Waals surface area contributed by atoms with Crippen LogP contribution in [-0.4, -0.2) is 26.3 Å². The summed E-state index contributed by atoms with van der Waals surface area (Å²) >= 11 is 1.95. The quantitative estimate of drug-likeness (QED) is 0.325. The van der Waals surface area contributed by atoms with Crippen LogP contribution in [0.25, 0.3) is 11.5 Å². The Morgan fingerprint density at radius 1 is 1.10 bits per heavy atom. The van der Waals surface area contributed by atoms with Crippen molar-refractivity contribution in [3.63, 3.8) is 0 Å². The molecule has 0 bridgehead atoms. The third-order valence-corrected chi connectivity index (χ3v) is 5.19. The molecule has 2 heterocycles. The Hall–Kier alpha value is -3.09. The summed E-state index contributed by atoms with van der Waals surface area (Å²) in [5.41, 5.74) is 0.799. The van der Waals surface area contributed by atoms with Gasteiger partial charge in [-0.1, -0.05) is 5.10 Å². The number of aromatic nitrogens is 4. The van der Waals surface area contributed by atoms with E-state index in [9.17, 15) is 13.2 Å². The number of nitrogens with one attached hydrogen (secondary N) is 2. The van der Waals surface area contributed by atoms with Gasteiger partial charge in [-0.05, 0) is 52.9 Å². The summed E-state index contributed by atoms with van der Waals surface area (Å²) in [5.74, 6) is -2.93. The third-order valence-electron chi connectivity index (χ3n) is 4.51. The van der Waals surface area contributed by atoms with Crippen molar-refractivity contribution >= 4 is 40.0 Å². The fourth-order valence-electron chi connectivity index (χ4n) is 2.90. The molecule has 0 fully saturated rings. The molecule has 0 aliphatic carbocycles. The molecule has 31 heavy (non-hydrogen) atoms. The van der Waals surface area contributed by atoms with Crippen molar-refractivity contribution in [2.45, 2.75) is 6.42 Å². The Balaban J connectivity index is 1.57. The fraction of sp³-hybridized carbons (Fsp3) is 0.150. The summed E-state index contributed by atoms with van der Waals surface area (Å²) in [4.78, 5) is 4.05. The van der Waals surface area contributed by atoms with Crippen molar-refractivity contribution in [3.8, 4) is 11.5 Å². The van der Waals surface area contributed by atoms with Crippen LogP contribution < -0.4 is 10.6 Å². The molecule has 0 saturated heterocycles. The van der Waals surface area contributed by atoms with Gasteiger partial charge in [0.15, 0.2) is 11.6 Å². The highest BCUT2D eigenvalue weighted by Crippen LogP contribution is 2.34. The van der Waals surface area contributed by atoms with E-state index in [0.29, 0.717) is 16.5 Å². The number of aryl methyl sites for hydroxylation is 1. The van der Waals surface area contributed by atoms with E-state index < -0.39 is 17.5 Å². The normalized spacial score (nSPS) is 11.0. The second-order valence-corrected chi connectivity index (χ2v) is 7.86. The van der Waals surface area contributed by atoms with Gasteiger partial charge in [-0.25, -0.2) is 18.2 Å². The molecule has 7 nitrogen and oxygen atoms in total. The van der Waals surface area contributed by atoms with Gasteiger partial charge in [0, 0.05) is 35.5 Å². The molecule has 11 heteroatoms. The Morgan fingerprint density at radius 3 is 2.68 bits per heavy atom. The number of rotatable bonds is 7. The van der Waals surface area contributed by atoms with E-state index in [0.717, 1.165) is 11.8 Å². The lowest BCUT2D eigenvalue weighted by molar-refractivity contribution is 0.511. The Kier molecular flexibility index (Phi) is 6.11. The van der Waals surface area contributed by atoms with E-state index in [1.165, 1.54) is 18.2 Å². The fourth-order valence-corrected chi connectivity index (χ4v) is 3.36. The van der Waals surface area contributed by atoms with Gasteiger partial charge in [-0.3, -0.25) is 0 Å². The average Bonchev–Trinajstić information content (AvgIpc) is 3.37. The molecule has 160 valence electrons.